The van der Waals surface area contributed by atoms with Gasteiger partial charge in [-0.05, 0) is 29.8 Å². The van der Waals surface area contributed by atoms with Gasteiger partial charge in [0.25, 0.3) is 0 Å². The Morgan fingerprint density at radius 2 is 1.78 bits per heavy atom. The van der Waals surface area contributed by atoms with Crippen molar-refractivity contribution in [2.24, 2.45) is 0 Å². The summed E-state index contributed by atoms with van der Waals surface area (Å²) in [6, 6.07) is 11.7. The maximum Gasteiger partial charge on any atom is 0.323 e. The molecule has 3 N–H and O–H groups in total. The van der Waals surface area contributed by atoms with Gasteiger partial charge >= 0.3 is 10.2 Å². The van der Waals surface area contributed by atoms with E-state index >= 15 is 0 Å². The number of benzene rings is 1. The van der Waals surface area contributed by atoms with Crippen LogP contribution in [0.5, 0.6) is 0 Å². The molecule has 0 aliphatic carbocycles. The highest BCUT2D eigenvalue weighted by Gasteiger charge is 2.19. The van der Waals surface area contributed by atoms with E-state index in [1.807, 2.05) is 0 Å². The lowest BCUT2D eigenvalue weighted by Crippen LogP contribution is -2.23. The lowest BCUT2D eigenvalue weighted by atomic mass is 10.0. The summed E-state index contributed by atoms with van der Waals surface area (Å²) in [4.78, 5) is 12.2. The smallest absolute Gasteiger partial charge is 0.323 e. The highest BCUT2D eigenvalue weighted by molar-refractivity contribution is 7.94. The zero-order chi connectivity index (χ0) is 19.3. The van der Waals surface area contributed by atoms with Crippen molar-refractivity contribution in [1.29, 1.82) is 0 Å². The Hall–Kier alpha value is -2.75. The van der Waals surface area contributed by atoms with Crippen LogP contribution in [0.25, 0.3) is 11.1 Å². The molecular formula is C17H16ClN5O3S. The van der Waals surface area contributed by atoms with Crippen LogP contribution in [0.2, 0.25) is 5.02 Å². The molecule has 8 nitrogen and oxygen atoms in total. The second-order valence-corrected chi connectivity index (χ2v) is 7.30. The van der Waals surface area contributed by atoms with Crippen molar-refractivity contribution in [2.75, 3.05) is 16.1 Å². The average Bonchev–Trinajstić information content (AvgIpc) is 2.63. The molecule has 2 aromatic heterocycles. The topological polar surface area (TPSA) is 117 Å². The molecule has 0 bridgehead atoms. The first kappa shape index (κ1) is 19.0. The molecule has 0 radical (unpaired) electrons. The summed E-state index contributed by atoms with van der Waals surface area (Å²) in [6.45, 7) is -0.143. The molecule has 0 atom stereocenters. The number of nitrogens with zero attached hydrogens (tertiary/aromatic N) is 3. The molecular weight excluding hydrogens is 390 g/mol. The minimum Gasteiger partial charge on any atom is -0.396 e. The fourth-order valence-corrected chi connectivity index (χ4v) is 3.41. The van der Waals surface area contributed by atoms with Crippen LogP contribution in [0.15, 0.2) is 55.0 Å². The minimum absolute atomic E-state index is 0.0826. The summed E-state index contributed by atoms with van der Waals surface area (Å²) >= 11 is 5.94. The van der Waals surface area contributed by atoms with E-state index < -0.39 is 10.2 Å². The number of nitrogens with one attached hydrogen (secondary N) is 2. The molecule has 0 amide bonds. The van der Waals surface area contributed by atoms with Crippen LogP contribution in [-0.2, 0) is 16.6 Å². The Balaban J connectivity index is 1.99. The molecule has 0 unspecified atom stereocenters. The van der Waals surface area contributed by atoms with Crippen molar-refractivity contribution < 1.29 is 13.5 Å². The average molecular weight is 406 g/mol. The van der Waals surface area contributed by atoms with Gasteiger partial charge in [-0.15, -0.1) is 0 Å². The number of hydrogen-bond donors (Lipinski definition) is 3. The van der Waals surface area contributed by atoms with Gasteiger partial charge in [-0.25, -0.2) is 19.7 Å². The second-order valence-electron chi connectivity index (χ2n) is 5.45. The van der Waals surface area contributed by atoms with Gasteiger partial charge < -0.3 is 5.11 Å². The summed E-state index contributed by atoms with van der Waals surface area (Å²) < 4.78 is 29.7. The van der Waals surface area contributed by atoms with Crippen LogP contribution in [0, 0.1) is 0 Å². The van der Waals surface area contributed by atoms with Gasteiger partial charge in [-0.3, -0.25) is 4.72 Å². The van der Waals surface area contributed by atoms with Gasteiger partial charge in [0.1, 0.15) is 12.1 Å². The first-order valence-electron chi connectivity index (χ1n) is 7.91. The van der Waals surface area contributed by atoms with Gasteiger partial charge in [0.05, 0.1) is 5.69 Å². The third-order valence-electron chi connectivity index (χ3n) is 3.54. The van der Waals surface area contributed by atoms with Gasteiger partial charge in [-0.1, -0.05) is 29.8 Å². The summed E-state index contributed by atoms with van der Waals surface area (Å²) in [5.41, 5.74) is 1.64. The predicted molar refractivity (Wildman–Crippen MR) is 104 cm³/mol. The Morgan fingerprint density at radius 1 is 1.00 bits per heavy atom. The molecule has 27 heavy (non-hydrogen) atoms. The predicted octanol–water partition coefficient (Wildman–Crippen LogP) is 2.50. The molecule has 3 rings (SSSR count). The molecule has 0 saturated carbocycles. The Morgan fingerprint density at radius 3 is 2.44 bits per heavy atom. The molecule has 0 aliphatic rings. The maximum absolute atomic E-state index is 12.5. The summed E-state index contributed by atoms with van der Waals surface area (Å²) in [7, 11) is -4.00. The standard InChI is InChI=1S/C17H16ClN5O3S/c18-13-6-4-12(5-7-13)16-14(8-10-24)20-11-21-17(16)23-27(25,26)22-15-3-1-2-9-19-15/h1-7,9,11,24H,8,10H2,(H,19,22)(H,20,21,23). The molecule has 0 saturated heterocycles. The number of aromatic nitrogens is 3. The number of rotatable bonds is 7. The van der Waals surface area contributed by atoms with Gasteiger partial charge in [0.2, 0.25) is 0 Å². The van der Waals surface area contributed by atoms with E-state index in [0.29, 0.717) is 21.8 Å². The van der Waals surface area contributed by atoms with Crippen molar-refractivity contribution >= 4 is 33.4 Å². The monoisotopic (exact) mass is 405 g/mol. The van der Waals surface area contributed by atoms with E-state index in [4.69, 9.17) is 11.6 Å². The van der Waals surface area contributed by atoms with Crippen LogP contribution in [0.1, 0.15) is 5.69 Å². The Labute approximate surface area is 161 Å². The number of aliphatic hydroxyl groups is 1. The largest absolute Gasteiger partial charge is 0.396 e. The number of halogens is 1. The number of pyridine rings is 1. The third-order valence-corrected chi connectivity index (χ3v) is 4.73. The van der Waals surface area contributed by atoms with Crippen molar-refractivity contribution in [3.8, 4) is 11.1 Å². The number of hydrogen-bond acceptors (Lipinski definition) is 6. The molecule has 0 fully saturated rings. The lowest BCUT2D eigenvalue weighted by molar-refractivity contribution is 0.298. The van der Waals surface area contributed by atoms with E-state index in [-0.39, 0.29) is 24.7 Å². The summed E-state index contributed by atoms with van der Waals surface area (Å²) in [5, 5.41) is 9.85. The van der Waals surface area contributed by atoms with Crippen molar-refractivity contribution in [3.05, 3.63) is 65.7 Å². The van der Waals surface area contributed by atoms with Gasteiger partial charge in [0, 0.05) is 29.8 Å². The molecule has 140 valence electrons. The highest BCUT2D eigenvalue weighted by atomic mass is 35.5. The van der Waals surface area contributed by atoms with Crippen molar-refractivity contribution in [1.82, 2.24) is 15.0 Å². The minimum atomic E-state index is -4.00. The fourth-order valence-electron chi connectivity index (χ4n) is 2.43. The van der Waals surface area contributed by atoms with Crippen molar-refractivity contribution in [3.63, 3.8) is 0 Å². The SMILES string of the molecule is O=S(=O)(Nc1ccccn1)Nc1ncnc(CCO)c1-c1ccc(Cl)cc1. The van der Waals surface area contributed by atoms with Crippen LogP contribution in [0.4, 0.5) is 11.6 Å². The fraction of sp³-hybridized carbons (Fsp3) is 0.118. The van der Waals surface area contributed by atoms with Crippen LogP contribution in [-0.4, -0.2) is 35.1 Å². The number of aliphatic hydroxyl groups excluding tert-OH is 1. The van der Waals surface area contributed by atoms with E-state index in [1.165, 1.54) is 18.6 Å². The molecule has 0 spiro atoms. The van der Waals surface area contributed by atoms with Crippen LogP contribution < -0.4 is 9.44 Å². The van der Waals surface area contributed by atoms with E-state index in [2.05, 4.69) is 24.4 Å². The van der Waals surface area contributed by atoms with Crippen LogP contribution >= 0.6 is 11.6 Å². The normalized spacial score (nSPS) is 11.2. The van der Waals surface area contributed by atoms with E-state index in [1.54, 1.807) is 36.4 Å². The molecule has 3 aromatic rings. The highest BCUT2D eigenvalue weighted by Crippen LogP contribution is 2.30. The maximum atomic E-state index is 12.5. The molecule has 10 heteroatoms. The number of anilines is 2. The van der Waals surface area contributed by atoms with Gasteiger partial charge in [-0.2, -0.15) is 8.42 Å². The van der Waals surface area contributed by atoms with E-state index in [0.717, 1.165) is 0 Å². The third kappa shape index (κ3) is 4.91. The van der Waals surface area contributed by atoms with E-state index in [9.17, 15) is 13.5 Å². The summed E-state index contributed by atoms with van der Waals surface area (Å²) in [6.07, 6.45) is 2.95. The van der Waals surface area contributed by atoms with Crippen LogP contribution in [0.3, 0.4) is 0 Å². The quantitative estimate of drug-likeness (QED) is 0.556. The zero-order valence-electron chi connectivity index (χ0n) is 14.0. The zero-order valence-corrected chi connectivity index (χ0v) is 15.6. The van der Waals surface area contributed by atoms with Gasteiger partial charge in [0.15, 0.2) is 5.82 Å². The summed E-state index contributed by atoms with van der Waals surface area (Å²) in [5.74, 6) is 0.252. The molecule has 2 heterocycles. The van der Waals surface area contributed by atoms with Crippen molar-refractivity contribution in [2.45, 2.75) is 6.42 Å². The lowest BCUT2D eigenvalue weighted by Gasteiger charge is -2.15. The Bertz CT molecular complexity index is 1010. The first-order chi connectivity index (χ1) is 13.0. The Kier molecular flexibility index (Phi) is 5.84. The molecule has 1 aromatic carbocycles. The molecule has 0 aliphatic heterocycles. The first-order valence-corrected chi connectivity index (χ1v) is 9.77. The second kappa shape index (κ2) is 8.30.